The van der Waals surface area contributed by atoms with Crippen molar-refractivity contribution in [2.45, 2.75) is 51.7 Å². The van der Waals surface area contributed by atoms with Gasteiger partial charge in [0.25, 0.3) is 0 Å². The Balaban J connectivity index is 0.00000261. The molecule has 1 atom stereocenters. The first-order chi connectivity index (χ1) is 12.6. The van der Waals surface area contributed by atoms with Crippen molar-refractivity contribution in [1.29, 1.82) is 0 Å². The Kier molecular flexibility index (Phi) is 9.24. The van der Waals surface area contributed by atoms with Crippen LogP contribution in [0.4, 0.5) is 0 Å². The fourth-order valence-electron chi connectivity index (χ4n) is 3.77. The fraction of sp³-hybridized carbons (Fsp3) is 0.789. The number of aryl methyl sites for hydroxylation is 1. The molecule has 3 heterocycles. The molecule has 1 aromatic heterocycles. The van der Waals surface area contributed by atoms with Crippen molar-refractivity contribution in [3.8, 4) is 0 Å². The minimum absolute atomic E-state index is 0. The first-order valence-electron chi connectivity index (χ1n) is 9.78. The zero-order chi connectivity index (χ0) is 18.4. The third-order valence-electron chi connectivity index (χ3n) is 5.47. The van der Waals surface area contributed by atoms with Crippen LogP contribution >= 0.6 is 35.3 Å². The quantitative estimate of drug-likeness (QED) is 0.352. The van der Waals surface area contributed by atoms with E-state index in [1.807, 2.05) is 7.05 Å². The van der Waals surface area contributed by atoms with Crippen LogP contribution in [0.3, 0.4) is 0 Å². The maximum Gasteiger partial charge on any atom is 0.191 e. The van der Waals surface area contributed by atoms with E-state index in [-0.39, 0.29) is 29.6 Å². The van der Waals surface area contributed by atoms with Crippen molar-refractivity contribution >= 4 is 41.3 Å². The molecule has 0 bridgehead atoms. The number of halogens is 1. The second-order valence-electron chi connectivity index (χ2n) is 7.79. The van der Waals surface area contributed by atoms with Gasteiger partial charge in [0.2, 0.25) is 0 Å². The van der Waals surface area contributed by atoms with Crippen LogP contribution in [0.1, 0.15) is 43.3 Å². The molecular formula is C19H34IN5OS. The van der Waals surface area contributed by atoms with Crippen molar-refractivity contribution in [2.24, 2.45) is 10.9 Å². The molecule has 2 saturated heterocycles. The van der Waals surface area contributed by atoms with Gasteiger partial charge in [0.1, 0.15) is 0 Å². The van der Waals surface area contributed by atoms with Gasteiger partial charge in [0.05, 0.1) is 16.3 Å². The molecule has 1 unspecified atom stereocenters. The van der Waals surface area contributed by atoms with Gasteiger partial charge < -0.3 is 15.4 Å². The van der Waals surface area contributed by atoms with E-state index in [2.05, 4.69) is 44.7 Å². The highest BCUT2D eigenvalue weighted by Gasteiger charge is 2.29. The average molecular weight is 507 g/mol. The Bertz CT molecular complexity index is 595. The van der Waals surface area contributed by atoms with E-state index in [4.69, 9.17) is 4.74 Å². The standard InChI is InChI=1S/C19H33N5OS.HI/c1-15-23-17(13-26-15)12-24-8-5-16(6-9-24)11-21-18(20-3)22-14-19(2)7-4-10-25-19;/h13,16H,4-12,14H2,1-3H3,(H2,20,21,22);1H. The molecule has 2 fully saturated rings. The third-order valence-corrected chi connectivity index (χ3v) is 6.29. The number of thiazole rings is 1. The molecular weight excluding hydrogens is 473 g/mol. The average Bonchev–Trinajstić information content (AvgIpc) is 3.25. The summed E-state index contributed by atoms with van der Waals surface area (Å²) >= 11 is 1.74. The van der Waals surface area contributed by atoms with E-state index in [0.717, 1.165) is 63.1 Å². The van der Waals surface area contributed by atoms with Crippen molar-refractivity contribution in [3.63, 3.8) is 0 Å². The summed E-state index contributed by atoms with van der Waals surface area (Å²) in [6.07, 6.45) is 4.74. The summed E-state index contributed by atoms with van der Waals surface area (Å²) in [6.45, 7) is 10.2. The number of nitrogens with zero attached hydrogens (tertiary/aromatic N) is 3. The van der Waals surface area contributed by atoms with Crippen molar-refractivity contribution in [3.05, 3.63) is 16.1 Å². The first-order valence-corrected chi connectivity index (χ1v) is 10.7. The van der Waals surface area contributed by atoms with Gasteiger partial charge in [-0.2, -0.15) is 0 Å². The van der Waals surface area contributed by atoms with E-state index in [9.17, 15) is 0 Å². The molecule has 2 aliphatic rings. The fourth-order valence-corrected chi connectivity index (χ4v) is 4.37. The Morgan fingerprint density at radius 3 is 2.78 bits per heavy atom. The molecule has 0 spiro atoms. The van der Waals surface area contributed by atoms with Crippen LogP contribution in [-0.2, 0) is 11.3 Å². The molecule has 0 amide bonds. The van der Waals surface area contributed by atoms with Crippen LogP contribution in [0.2, 0.25) is 0 Å². The summed E-state index contributed by atoms with van der Waals surface area (Å²) in [6, 6.07) is 0. The Morgan fingerprint density at radius 2 is 2.19 bits per heavy atom. The molecule has 8 heteroatoms. The molecule has 3 rings (SSSR count). The SMILES string of the molecule is CN=C(NCC1CCN(Cc2csc(C)n2)CC1)NCC1(C)CCCO1.I. The zero-order valence-corrected chi connectivity index (χ0v) is 19.9. The van der Waals surface area contributed by atoms with Gasteiger partial charge in [0.15, 0.2) is 5.96 Å². The second kappa shape index (κ2) is 10.9. The van der Waals surface area contributed by atoms with Crippen LogP contribution in [0.25, 0.3) is 0 Å². The number of piperidine rings is 1. The van der Waals surface area contributed by atoms with Gasteiger partial charge in [-0.1, -0.05) is 0 Å². The number of hydrogen-bond acceptors (Lipinski definition) is 5. The lowest BCUT2D eigenvalue weighted by atomic mass is 9.97. The maximum atomic E-state index is 5.84. The van der Waals surface area contributed by atoms with Crippen LogP contribution in [-0.4, -0.2) is 61.3 Å². The van der Waals surface area contributed by atoms with E-state index < -0.39 is 0 Å². The van der Waals surface area contributed by atoms with Crippen LogP contribution < -0.4 is 10.6 Å². The first kappa shape index (κ1) is 22.8. The summed E-state index contributed by atoms with van der Waals surface area (Å²) < 4.78 is 5.84. The highest BCUT2D eigenvalue weighted by molar-refractivity contribution is 14.0. The van der Waals surface area contributed by atoms with E-state index >= 15 is 0 Å². The molecule has 0 radical (unpaired) electrons. The summed E-state index contributed by atoms with van der Waals surface area (Å²) in [7, 11) is 1.84. The van der Waals surface area contributed by atoms with Crippen LogP contribution in [0.15, 0.2) is 10.4 Å². The molecule has 154 valence electrons. The van der Waals surface area contributed by atoms with Gasteiger partial charge in [0, 0.05) is 38.7 Å². The lowest BCUT2D eigenvalue weighted by molar-refractivity contribution is 0.0242. The molecule has 0 aromatic carbocycles. The summed E-state index contributed by atoms with van der Waals surface area (Å²) in [5, 5.41) is 10.3. The zero-order valence-electron chi connectivity index (χ0n) is 16.8. The predicted molar refractivity (Wildman–Crippen MR) is 123 cm³/mol. The number of likely N-dealkylation sites (tertiary alicyclic amines) is 1. The lowest BCUT2D eigenvalue weighted by Gasteiger charge is -2.32. The number of guanidine groups is 1. The lowest BCUT2D eigenvalue weighted by Crippen LogP contribution is -2.47. The van der Waals surface area contributed by atoms with E-state index in [1.54, 1.807) is 11.3 Å². The van der Waals surface area contributed by atoms with Gasteiger partial charge in [-0.15, -0.1) is 35.3 Å². The number of aromatic nitrogens is 1. The molecule has 27 heavy (non-hydrogen) atoms. The Hall–Kier alpha value is -0.450. The predicted octanol–water partition coefficient (Wildman–Crippen LogP) is 3.02. The normalized spacial score (nSPS) is 24.6. The molecule has 2 aliphatic heterocycles. The third kappa shape index (κ3) is 7.14. The molecule has 2 N–H and O–H groups in total. The van der Waals surface area contributed by atoms with Crippen molar-refractivity contribution in [1.82, 2.24) is 20.5 Å². The molecule has 1 aromatic rings. The number of rotatable bonds is 6. The van der Waals surface area contributed by atoms with E-state index in [1.165, 1.54) is 18.5 Å². The van der Waals surface area contributed by atoms with E-state index in [0.29, 0.717) is 5.92 Å². The smallest absolute Gasteiger partial charge is 0.191 e. The number of ether oxygens (including phenoxy) is 1. The summed E-state index contributed by atoms with van der Waals surface area (Å²) in [5.74, 6) is 1.60. The number of aliphatic imine (C=N–C) groups is 1. The summed E-state index contributed by atoms with van der Waals surface area (Å²) in [5.41, 5.74) is 1.17. The van der Waals surface area contributed by atoms with Crippen LogP contribution in [0, 0.1) is 12.8 Å². The molecule has 0 aliphatic carbocycles. The van der Waals surface area contributed by atoms with Gasteiger partial charge >= 0.3 is 0 Å². The molecule has 6 nitrogen and oxygen atoms in total. The van der Waals surface area contributed by atoms with Crippen molar-refractivity contribution in [2.75, 3.05) is 39.8 Å². The Morgan fingerprint density at radius 1 is 1.41 bits per heavy atom. The van der Waals surface area contributed by atoms with Crippen LogP contribution in [0.5, 0.6) is 0 Å². The minimum Gasteiger partial charge on any atom is -0.373 e. The van der Waals surface area contributed by atoms with Gasteiger partial charge in [-0.25, -0.2) is 4.98 Å². The number of nitrogens with one attached hydrogen (secondary N) is 2. The maximum absolute atomic E-state index is 5.84. The largest absolute Gasteiger partial charge is 0.373 e. The van der Waals surface area contributed by atoms with Gasteiger partial charge in [-0.05, 0) is 58.5 Å². The summed E-state index contributed by atoms with van der Waals surface area (Å²) in [4.78, 5) is 11.5. The minimum atomic E-state index is -0.0446. The topological polar surface area (TPSA) is 61.8 Å². The Labute approximate surface area is 184 Å². The molecule has 0 saturated carbocycles. The highest BCUT2D eigenvalue weighted by Crippen LogP contribution is 2.24. The van der Waals surface area contributed by atoms with Gasteiger partial charge in [-0.3, -0.25) is 9.89 Å². The van der Waals surface area contributed by atoms with Crippen molar-refractivity contribution < 1.29 is 4.74 Å². The highest BCUT2D eigenvalue weighted by atomic mass is 127. The number of hydrogen-bond donors (Lipinski definition) is 2. The second-order valence-corrected chi connectivity index (χ2v) is 8.85. The monoisotopic (exact) mass is 507 g/mol.